The Morgan fingerprint density at radius 3 is 2.55 bits per heavy atom. The van der Waals surface area contributed by atoms with Crippen LogP contribution >= 0.6 is 15.9 Å². The van der Waals surface area contributed by atoms with E-state index in [0.717, 1.165) is 23.4 Å². The predicted octanol–water partition coefficient (Wildman–Crippen LogP) is 4.37. The Morgan fingerprint density at radius 1 is 1.20 bits per heavy atom. The van der Waals surface area contributed by atoms with Crippen LogP contribution in [0.5, 0.6) is 0 Å². The smallest absolute Gasteiger partial charge is 0.251 e. The maximum atomic E-state index is 11.9. The van der Waals surface area contributed by atoms with Crippen LogP contribution in [0.15, 0.2) is 22.7 Å². The number of carbonyl (C=O) groups is 1. The van der Waals surface area contributed by atoms with Crippen molar-refractivity contribution in [1.82, 2.24) is 5.32 Å². The zero-order valence-corrected chi connectivity index (χ0v) is 14.0. The molecule has 4 heteroatoms. The van der Waals surface area contributed by atoms with Gasteiger partial charge in [-0.3, -0.25) is 4.79 Å². The number of unbranched alkanes of at least 4 members (excludes halogenated alkanes) is 3. The highest BCUT2D eigenvalue weighted by Crippen LogP contribution is 2.17. The van der Waals surface area contributed by atoms with E-state index in [1.165, 1.54) is 25.7 Å². The van der Waals surface area contributed by atoms with Crippen LogP contribution in [0.25, 0.3) is 0 Å². The summed E-state index contributed by atoms with van der Waals surface area (Å²) in [7, 11) is 0. The van der Waals surface area contributed by atoms with Crippen LogP contribution in [0.2, 0.25) is 0 Å². The summed E-state index contributed by atoms with van der Waals surface area (Å²) in [6.07, 6.45) is 6.04. The van der Waals surface area contributed by atoms with E-state index in [2.05, 4.69) is 35.1 Å². The molecule has 0 saturated heterocycles. The summed E-state index contributed by atoms with van der Waals surface area (Å²) in [4.78, 5) is 11.9. The first-order chi connectivity index (χ1) is 9.49. The summed E-state index contributed by atoms with van der Waals surface area (Å²) < 4.78 is 0.830. The molecule has 0 aliphatic heterocycles. The quantitative estimate of drug-likeness (QED) is 0.545. The summed E-state index contributed by atoms with van der Waals surface area (Å²) in [5.74, 6) is 0.733. The molecule has 1 aromatic rings. The Bertz CT molecular complexity index is 412. The standard InChI is InChI=1S/C16H25BrN2O/c1-12(2)7-5-3-4-6-8-19-16(20)13-9-14(17)11-15(18)10-13/h9-12H,3-8,18H2,1-2H3,(H,19,20). The summed E-state index contributed by atoms with van der Waals surface area (Å²) >= 11 is 3.34. The van der Waals surface area contributed by atoms with Crippen molar-refractivity contribution in [3.8, 4) is 0 Å². The highest BCUT2D eigenvalue weighted by molar-refractivity contribution is 9.10. The summed E-state index contributed by atoms with van der Waals surface area (Å²) in [6.45, 7) is 5.24. The van der Waals surface area contributed by atoms with Gasteiger partial charge in [0.2, 0.25) is 0 Å². The number of nitrogens with one attached hydrogen (secondary N) is 1. The van der Waals surface area contributed by atoms with Crippen LogP contribution in [0.3, 0.4) is 0 Å². The molecule has 0 atom stereocenters. The van der Waals surface area contributed by atoms with Gasteiger partial charge in [-0.15, -0.1) is 0 Å². The number of hydrogen-bond acceptors (Lipinski definition) is 2. The van der Waals surface area contributed by atoms with Crippen LogP contribution < -0.4 is 11.1 Å². The molecule has 0 aliphatic carbocycles. The lowest BCUT2D eigenvalue weighted by Gasteiger charge is -2.07. The molecular formula is C16H25BrN2O. The van der Waals surface area contributed by atoms with Gasteiger partial charge in [0.25, 0.3) is 5.91 Å². The van der Waals surface area contributed by atoms with Crippen molar-refractivity contribution in [2.45, 2.75) is 46.0 Å². The average molecular weight is 341 g/mol. The molecule has 0 unspecified atom stereocenters. The van der Waals surface area contributed by atoms with Crippen molar-refractivity contribution in [1.29, 1.82) is 0 Å². The lowest BCUT2D eigenvalue weighted by Crippen LogP contribution is -2.24. The molecule has 1 aromatic carbocycles. The largest absolute Gasteiger partial charge is 0.399 e. The molecular weight excluding hydrogens is 316 g/mol. The molecule has 0 heterocycles. The van der Waals surface area contributed by atoms with Crippen LogP contribution in [-0.4, -0.2) is 12.5 Å². The number of carbonyl (C=O) groups excluding carboxylic acids is 1. The van der Waals surface area contributed by atoms with Crippen molar-refractivity contribution in [2.75, 3.05) is 12.3 Å². The van der Waals surface area contributed by atoms with Gasteiger partial charge in [-0.05, 0) is 30.5 Å². The Labute approximate surface area is 130 Å². The first kappa shape index (κ1) is 17.0. The second-order valence-electron chi connectivity index (χ2n) is 5.63. The summed E-state index contributed by atoms with van der Waals surface area (Å²) in [5.41, 5.74) is 6.92. The minimum atomic E-state index is -0.0554. The van der Waals surface area contributed by atoms with Gasteiger partial charge in [-0.1, -0.05) is 55.5 Å². The van der Waals surface area contributed by atoms with E-state index in [-0.39, 0.29) is 5.91 Å². The Balaban J connectivity index is 2.20. The molecule has 112 valence electrons. The van der Waals surface area contributed by atoms with Gasteiger partial charge in [0, 0.05) is 22.3 Å². The third-order valence-electron chi connectivity index (χ3n) is 3.18. The van der Waals surface area contributed by atoms with Crippen LogP contribution in [0, 0.1) is 5.92 Å². The van der Waals surface area contributed by atoms with Gasteiger partial charge < -0.3 is 11.1 Å². The molecule has 0 aliphatic rings. The van der Waals surface area contributed by atoms with Crippen molar-refractivity contribution >= 4 is 27.5 Å². The molecule has 0 saturated carbocycles. The zero-order valence-electron chi connectivity index (χ0n) is 12.4. The van der Waals surface area contributed by atoms with Gasteiger partial charge in [0.05, 0.1) is 0 Å². The molecule has 3 N–H and O–H groups in total. The van der Waals surface area contributed by atoms with Crippen molar-refractivity contribution in [2.24, 2.45) is 5.92 Å². The number of nitrogens with two attached hydrogens (primary N) is 1. The van der Waals surface area contributed by atoms with E-state index >= 15 is 0 Å². The fourth-order valence-corrected chi connectivity index (χ4v) is 2.59. The lowest BCUT2D eigenvalue weighted by atomic mass is 10.0. The minimum absolute atomic E-state index is 0.0554. The second kappa shape index (κ2) is 9.01. The first-order valence-electron chi connectivity index (χ1n) is 7.33. The molecule has 0 radical (unpaired) electrons. The molecule has 3 nitrogen and oxygen atoms in total. The fraction of sp³-hybridized carbons (Fsp3) is 0.562. The van der Waals surface area contributed by atoms with E-state index in [0.29, 0.717) is 11.3 Å². The fourth-order valence-electron chi connectivity index (χ4n) is 2.08. The topological polar surface area (TPSA) is 55.1 Å². The van der Waals surface area contributed by atoms with Gasteiger partial charge in [-0.25, -0.2) is 0 Å². The zero-order chi connectivity index (χ0) is 15.0. The van der Waals surface area contributed by atoms with Crippen LogP contribution in [0.4, 0.5) is 5.69 Å². The summed E-state index contributed by atoms with van der Waals surface area (Å²) in [6, 6.07) is 5.27. The number of rotatable bonds is 8. The second-order valence-corrected chi connectivity index (χ2v) is 6.54. The van der Waals surface area contributed by atoms with Gasteiger partial charge in [0.1, 0.15) is 0 Å². The van der Waals surface area contributed by atoms with E-state index < -0.39 is 0 Å². The van der Waals surface area contributed by atoms with Crippen molar-refractivity contribution in [3.05, 3.63) is 28.2 Å². The highest BCUT2D eigenvalue weighted by Gasteiger charge is 2.06. The number of halogens is 1. The van der Waals surface area contributed by atoms with Crippen molar-refractivity contribution < 1.29 is 4.79 Å². The minimum Gasteiger partial charge on any atom is -0.399 e. The number of benzene rings is 1. The van der Waals surface area contributed by atoms with Gasteiger partial charge >= 0.3 is 0 Å². The van der Waals surface area contributed by atoms with Crippen LogP contribution in [0.1, 0.15) is 56.3 Å². The monoisotopic (exact) mass is 340 g/mol. The molecule has 0 spiro atoms. The number of nitrogen functional groups attached to an aromatic ring is 1. The average Bonchev–Trinajstić information content (AvgIpc) is 2.35. The molecule has 20 heavy (non-hydrogen) atoms. The Hall–Kier alpha value is -1.03. The van der Waals surface area contributed by atoms with Gasteiger partial charge in [0.15, 0.2) is 0 Å². The lowest BCUT2D eigenvalue weighted by molar-refractivity contribution is 0.0953. The number of anilines is 1. The SMILES string of the molecule is CC(C)CCCCCCNC(=O)c1cc(N)cc(Br)c1. The highest BCUT2D eigenvalue weighted by atomic mass is 79.9. The summed E-state index contributed by atoms with van der Waals surface area (Å²) in [5, 5.41) is 2.94. The van der Waals surface area contributed by atoms with Crippen molar-refractivity contribution in [3.63, 3.8) is 0 Å². The number of amides is 1. The van der Waals surface area contributed by atoms with E-state index in [1.807, 2.05) is 0 Å². The Kier molecular flexibility index (Phi) is 7.67. The van der Waals surface area contributed by atoms with Crippen LogP contribution in [-0.2, 0) is 0 Å². The Morgan fingerprint density at radius 2 is 1.90 bits per heavy atom. The molecule has 1 amide bonds. The molecule has 0 aromatic heterocycles. The van der Waals surface area contributed by atoms with E-state index in [4.69, 9.17) is 5.73 Å². The maximum absolute atomic E-state index is 11.9. The third kappa shape index (κ3) is 6.94. The maximum Gasteiger partial charge on any atom is 0.251 e. The number of hydrogen-bond donors (Lipinski definition) is 2. The van der Waals surface area contributed by atoms with Gasteiger partial charge in [-0.2, -0.15) is 0 Å². The predicted molar refractivity (Wildman–Crippen MR) is 88.8 cm³/mol. The van der Waals surface area contributed by atoms with E-state index in [9.17, 15) is 4.79 Å². The first-order valence-corrected chi connectivity index (χ1v) is 8.12. The normalized spacial score (nSPS) is 10.8. The third-order valence-corrected chi connectivity index (χ3v) is 3.63. The molecule has 1 rings (SSSR count). The molecule has 0 bridgehead atoms. The molecule has 0 fully saturated rings. The van der Waals surface area contributed by atoms with E-state index in [1.54, 1.807) is 18.2 Å².